The molecular formula is C27H41N7OS. The Morgan fingerprint density at radius 1 is 1.00 bits per heavy atom. The molecule has 1 aromatic carbocycles. The number of nitrogens with zero attached hydrogens (tertiary/aromatic N) is 6. The van der Waals surface area contributed by atoms with E-state index in [9.17, 15) is 4.79 Å². The van der Waals surface area contributed by atoms with Crippen molar-refractivity contribution < 1.29 is 4.79 Å². The van der Waals surface area contributed by atoms with Gasteiger partial charge in [-0.3, -0.25) is 20.2 Å². The lowest BCUT2D eigenvalue weighted by atomic mass is 9.95. The van der Waals surface area contributed by atoms with Crippen molar-refractivity contribution in [1.29, 1.82) is 0 Å². The van der Waals surface area contributed by atoms with Crippen molar-refractivity contribution in [1.82, 2.24) is 25.1 Å². The zero-order valence-corrected chi connectivity index (χ0v) is 22.9. The molecule has 8 nitrogen and oxygen atoms in total. The van der Waals surface area contributed by atoms with Crippen LogP contribution in [0.5, 0.6) is 0 Å². The fourth-order valence-electron chi connectivity index (χ4n) is 5.29. The standard InChI is InChI=1S/C27H41N7OS/c1-21(25(28-2)22-7-9-24(10-8-22)32-13-5-6-14-32)31(4)29-27(36)34-15-11-23(12-16-34)26(35)33-19-17-30(3)18-20-33/h7-10,23H,2,5-6,11-20H2,1,3-4H3,(H,29,36)/b25-21-. The van der Waals surface area contributed by atoms with Crippen LogP contribution in [0.1, 0.15) is 38.2 Å². The number of carbonyl (C=O) groups is 1. The summed E-state index contributed by atoms with van der Waals surface area (Å²) in [5.74, 6) is 0.418. The first kappa shape index (κ1) is 26.4. The number of hydrogen-bond acceptors (Lipinski definition) is 6. The number of piperazine rings is 1. The van der Waals surface area contributed by atoms with Gasteiger partial charge in [0.1, 0.15) is 0 Å². The fourth-order valence-corrected chi connectivity index (χ4v) is 5.61. The number of carbonyl (C=O) groups excluding carboxylic acids is 1. The molecule has 196 valence electrons. The van der Waals surface area contributed by atoms with Crippen molar-refractivity contribution in [3.63, 3.8) is 0 Å². The third-order valence-corrected chi connectivity index (χ3v) is 8.18. The SMILES string of the molecule is C=N/C(=C(/C)N(C)NC(=S)N1CCC(C(=O)N2CCN(C)CC2)CC1)c1ccc(N2CCCC2)cc1. The minimum absolute atomic E-state index is 0.104. The number of nitrogens with one attached hydrogen (secondary N) is 1. The van der Waals surface area contributed by atoms with Crippen LogP contribution in [0.15, 0.2) is 35.0 Å². The van der Waals surface area contributed by atoms with Crippen LogP contribution in [0.3, 0.4) is 0 Å². The molecule has 3 heterocycles. The maximum atomic E-state index is 12.9. The van der Waals surface area contributed by atoms with Crippen LogP contribution >= 0.6 is 12.2 Å². The first-order chi connectivity index (χ1) is 17.4. The van der Waals surface area contributed by atoms with Gasteiger partial charge in [-0.15, -0.1) is 0 Å². The zero-order chi connectivity index (χ0) is 25.7. The number of hydrazine groups is 1. The Balaban J connectivity index is 1.31. The quantitative estimate of drug-likeness (QED) is 0.358. The van der Waals surface area contributed by atoms with E-state index < -0.39 is 0 Å². The van der Waals surface area contributed by atoms with Gasteiger partial charge in [-0.2, -0.15) is 0 Å². The largest absolute Gasteiger partial charge is 0.372 e. The topological polar surface area (TPSA) is 57.7 Å². The van der Waals surface area contributed by atoms with E-state index >= 15 is 0 Å². The summed E-state index contributed by atoms with van der Waals surface area (Å²) in [5, 5.41) is 2.59. The number of thiocarbonyl (C=S) groups is 1. The highest BCUT2D eigenvalue weighted by atomic mass is 32.1. The number of hydrogen-bond donors (Lipinski definition) is 1. The zero-order valence-electron chi connectivity index (χ0n) is 22.1. The highest BCUT2D eigenvalue weighted by Crippen LogP contribution is 2.26. The van der Waals surface area contributed by atoms with Gasteiger partial charge in [0.15, 0.2) is 5.11 Å². The lowest BCUT2D eigenvalue weighted by Gasteiger charge is -2.38. The maximum Gasteiger partial charge on any atom is 0.225 e. The lowest BCUT2D eigenvalue weighted by Crippen LogP contribution is -2.53. The van der Waals surface area contributed by atoms with Crippen molar-refractivity contribution in [2.24, 2.45) is 10.9 Å². The van der Waals surface area contributed by atoms with Crippen LogP contribution in [0.25, 0.3) is 5.70 Å². The Morgan fingerprint density at radius 2 is 1.61 bits per heavy atom. The molecule has 3 fully saturated rings. The van der Waals surface area contributed by atoms with E-state index in [1.165, 1.54) is 18.5 Å². The molecule has 0 saturated carbocycles. The third kappa shape index (κ3) is 6.18. The molecule has 0 atom stereocenters. The summed E-state index contributed by atoms with van der Waals surface area (Å²) in [6, 6.07) is 8.58. The number of allylic oxidation sites excluding steroid dienone is 1. The van der Waals surface area contributed by atoms with Crippen molar-refractivity contribution >= 4 is 41.3 Å². The van der Waals surface area contributed by atoms with Crippen LogP contribution in [0, 0.1) is 5.92 Å². The molecule has 1 N–H and O–H groups in total. The second-order valence-corrected chi connectivity index (χ2v) is 10.6. The van der Waals surface area contributed by atoms with Crippen LogP contribution in [0.4, 0.5) is 5.69 Å². The van der Waals surface area contributed by atoms with Crippen LogP contribution in [-0.4, -0.2) is 104 Å². The highest BCUT2D eigenvalue weighted by molar-refractivity contribution is 7.80. The molecule has 4 rings (SSSR count). The molecule has 0 unspecified atom stereocenters. The average Bonchev–Trinajstić information content (AvgIpc) is 3.45. The number of piperidine rings is 1. The van der Waals surface area contributed by atoms with Gasteiger partial charge in [-0.05, 0) is 70.7 Å². The first-order valence-corrected chi connectivity index (χ1v) is 13.6. The Labute approximate surface area is 221 Å². The summed E-state index contributed by atoms with van der Waals surface area (Å²) in [4.78, 5) is 26.2. The maximum absolute atomic E-state index is 12.9. The normalized spacial score (nSPS) is 20.2. The van der Waals surface area contributed by atoms with Crippen molar-refractivity contribution in [3.05, 3.63) is 35.5 Å². The molecule has 0 radical (unpaired) electrons. The van der Waals surface area contributed by atoms with Crippen LogP contribution < -0.4 is 10.3 Å². The van der Waals surface area contributed by atoms with E-state index in [2.05, 4.69) is 63.1 Å². The number of likely N-dealkylation sites (N-methyl/N-ethyl adjacent to an activating group) is 1. The second-order valence-electron chi connectivity index (χ2n) is 10.2. The summed E-state index contributed by atoms with van der Waals surface area (Å²) in [7, 11) is 4.07. The Kier molecular flexibility index (Phi) is 8.85. The molecule has 0 spiro atoms. The van der Waals surface area contributed by atoms with E-state index in [1.807, 2.05) is 23.9 Å². The van der Waals surface area contributed by atoms with Crippen molar-refractivity contribution in [2.45, 2.75) is 32.6 Å². The van der Waals surface area contributed by atoms with E-state index in [0.29, 0.717) is 11.0 Å². The molecule has 0 bridgehead atoms. The number of aliphatic imine (C=N–C) groups is 1. The molecule has 3 saturated heterocycles. The molecule has 9 heteroatoms. The van der Waals surface area contributed by atoms with Crippen LogP contribution in [0.2, 0.25) is 0 Å². The summed E-state index contributed by atoms with van der Waals surface area (Å²) in [6.45, 7) is 13.3. The minimum Gasteiger partial charge on any atom is -0.372 e. The van der Waals surface area contributed by atoms with Crippen molar-refractivity contribution in [2.75, 3.05) is 71.4 Å². The highest BCUT2D eigenvalue weighted by Gasteiger charge is 2.30. The number of rotatable bonds is 6. The van der Waals surface area contributed by atoms with Gasteiger partial charge in [0.2, 0.25) is 5.91 Å². The molecule has 3 aliphatic heterocycles. The molecular weight excluding hydrogens is 470 g/mol. The summed E-state index contributed by atoms with van der Waals surface area (Å²) >= 11 is 5.73. The number of benzene rings is 1. The van der Waals surface area contributed by atoms with Gasteiger partial charge in [0.05, 0.1) is 11.4 Å². The Morgan fingerprint density at radius 3 is 2.19 bits per heavy atom. The van der Waals surface area contributed by atoms with Gasteiger partial charge in [0.25, 0.3) is 0 Å². The predicted molar refractivity (Wildman–Crippen MR) is 152 cm³/mol. The van der Waals surface area contributed by atoms with Gasteiger partial charge in [-0.1, -0.05) is 12.1 Å². The first-order valence-electron chi connectivity index (χ1n) is 13.2. The number of likely N-dealkylation sites (tertiary alicyclic amines) is 1. The Hall–Kier alpha value is -2.65. The third-order valence-electron chi connectivity index (χ3n) is 7.83. The van der Waals surface area contributed by atoms with Gasteiger partial charge in [-0.25, -0.2) is 0 Å². The van der Waals surface area contributed by atoms with E-state index in [-0.39, 0.29) is 5.92 Å². The lowest BCUT2D eigenvalue weighted by molar-refractivity contribution is -0.138. The van der Waals surface area contributed by atoms with Crippen LogP contribution in [-0.2, 0) is 4.79 Å². The summed E-state index contributed by atoms with van der Waals surface area (Å²) < 4.78 is 0. The molecule has 1 aromatic rings. The number of amides is 1. The number of anilines is 1. The molecule has 1 amide bonds. The summed E-state index contributed by atoms with van der Waals surface area (Å²) in [6.07, 6.45) is 4.21. The monoisotopic (exact) mass is 511 g/mol. The summed E-state index contributed by atoms with van der Waals surface area (Å²) in [5.41, 5.74) is 7.41. The van der Waals surface area contributed by atoms with E-state index in [1.54, 1.807) is 0 Å². The fraction of sp³-hybridized carbons (Fsp3) is 0.593. The molecule has 36 heavy (non-hydrogen) atoms. The smallest absolute Gasteiger partial charge is 0.225 e. The van der Waals surface area contributed by atoms with Crippen molar-refractivity contribution in [3.8, 4) is 0 Å². The average molecular weight is 512 g/mol. The Bertz CT molecular complexity index is 957. The van der Waals surface area contributed by atoms with E-state index in [0.717, 1.165) is 82.2 Å². The van der Waals surface area contributed by atoms with Gasteiger partial charge < -0.3 is 19.6 Å². The molecule has 0 aliphatic carbocycles. The van der Waals surface area contributed by atoms with Gasteiger partial charge in [0, 0.05) is 76.6 Å². The molecule has 3 aliphatic rings. The second kappa shape index (κ2) is 12.1. The van der Waals surface area contributed by atoms with E-state index in [4.69, 9.17) is 12.2 Å². The molecule has 0 aromatic heterocycles. The minimum atomic E-state index is 0.104. The predicted octanol–water partition coefficient (Wildman–Crippen LogP) is 2.88. The van der Waals surface area contributed by atoms with Gasteiger partial charge >= 0.3 is 0 Å².